The molecule has 1 aliphatic heterocycles. The monoisotopic (exact) mass is 436 g/mol. The average Bonchev–Trinajstić information content (AvgIpc) is 3.24. The molecule has 0 aliphatic carbocycles. The molecule has 0 saturated carbocycles. The summed E-state index contributed by atoms with van der Waals surface area (Å²) in [6.45, 7) is 2.41. The molecule has 0 aromatic heterocycles. The zero-order chi connectivity index (χ0) is 22.5. The van der Waals surface area contributed by atoms with E-state index in [1.807, 2.05) is 42.5 Å². The molecule has 2 amide bonds. The number of amides is 2. The summed E-state index contributed by atoms with van der Waals surface area (Å²) in [5.41, 5.74) is 0.902. The lowest BCUT2D eigenvalue weighted by molar-refractivity contribution is -0.143. The van der Waals surface area contributed by atoms with Crippen LogP contribution in [0.4, 0.5) is 16.2 Å². The smallest absolute Gasteiger partial charge is 0.326 e. The number of nitrogens with one attached hydrogen (secondary N) is 1. The summed E-state index contributed by atoms with van der Waals surface area (Å²) < 4.78 is 15.6. The number of esters is 1. The first-order valence-electron chi connectivity index (χ1n) is 10.4. The van der Waals surface area contributed by atoms with Gasteiger partial charge in [-0.15, -0.1) is 0 Å². The van der Waals surface area contributed by atoms with Crippen LogP contribution in [0, 0.1) is 0 Å². The third-order valence-corrected chi connectivity index (χ3v) is 5.10. The van der Waals surface area contributed by atoms with E-state index in [1.165, 1.54) is 12.1 Å². The molecule has 3 aromatic carbocycles. The van der Waals surface area contributed by atoms with Gasteiger partial charge in [0.25, 0.3) is 0 Å². The Bertz CT molecular complexity index is 1140. The quantitative estimate of drug-likeness (QED) is 0.413. The van der Waals surface area contributed by atoms with Gasteiger partial charge in [0.2, 0.25) is 6.79 Å². The van der Waals surface area contributed by atoms with Crippen molar-refractivity contribution < 1.29 is 28.9 Å². The number of hydrogen-bond donors (Lipinski definition) is 2. The van der Waals surface area contributed by atoms with Crippen LogP contribution in [0.25, 0.3) is 10.8 Å². The molecule has 8 nitrogen and oxygen atoms in total. The Hall–Kier alpha value is -3.94. The molecule has 1 heterocycles. The van der Waals surface area contributed by atoms with Gasteiger partial charge in [0.15, 0.2) is 11.5 Å². The predicted octanol–water partition coefficient (Wildman–Crippen LogP) is 4.66. The molecular formula is C24H24N2O6. The fraction of sp³-hybridized carbons (Fsp3) is 0.250. The molecule has 1 aliphatic rings. The molecule has 32 heavy (non-hydrogen) atoms. The number of urea groups is 1. The third-order valence-electron chi connectivity index (χ3n) is 5.10. The van der Waals surface area contributed by atoms with Crippen molar-refractivity contribution in [3.63, 3.8) is 0 Å². The molecule has 0 unspecified atom stereocenters. The van der Waals surface area contributed by atoms with Gasteiger partial charge in [-0.2, -0.15) is 0 Å². The SMILES string of the molecule is CCOC(=O)CCCN(C(=O)Nc1cc2c(cc1O)OCO2)c1cccc2ccccc12. The van der Waals surface area contributed by atoms with E-state index in [0.717, 1.165) is 10.8 Å². The van der Waals surface area contributed by atoms with Crippen molar-refractivity contribution >= 4 is 34.1 Å². The van der Waals surface area contributed by atoms with Gasteiger partial charge >= 0.3 is 12.0 Å². The molecule has 0 fully saturated rings. The lowest BCUT2D eigenvalue weighted by Gasteiger charge is -2.25. The number of carbonyl (C=O) groups excluding carboxylic acids is 2. The summed E-state index contributed by atoms with van der Waals surface area (Å²) in [7, 11) is 0. The van der Waals surface area contributed by atoms with Crippen molar-refractivity contribution in [3.05, 3.63) is 54.6 Å². The number of benzene rings is 3. The fourth-order valence-corrected chi connectivity index (χ4v) is 3.60. The van der Waals surface area contributed by atoms with Crippen LogP contribution in [0.3, 0.4) is 0 Å². The fourth-order valence-electron chi connectivity index (χ4n) is 3.60. The molecule has 2 N–H and O–H groups in total. The molecule has 0 bridgehead atoms. The number of nitrogens with zero attached hydrogens (tertiary/aromatic N) is 1. The van der Waals surface area contributed by atoms with E-state index < -0.39 is 6.03 Å². The van der Waals surface area contributed by atoms with E-state index in [1.54, 1.807) is 11.8 Å². The summed E-state index contributed by atoms with van der Waals surface area (Å²) in [5.74, 6) is 0.421. The molecule has 0 radical (unpaired) electrons. The number of rotatable bonds is 7. The number of phenols is 1. The van der Waals surface area contributed by atoms with Crippen LogP contribution in [0.15, 0.2) is 54.6 Å². The van der Waals surface area contributed by atoms with Gasteiger partial charge in [-0.05, 0) is 24.8 Å². The topological polar surface area (TPSA) is 97.3 Å². The van der Waals surface area contributed by atoms with Gasteiger partial charge in [-0.25, -0.2) is 4.79 Å². The Morgan fingerprint density at radius 2 is 1.84 bits per heavy atom. The van der Waals surface area contributed by atoms with E-state index in [9.17, 15) is 14.7 Å². The maximum Gasteiger partial charge on any atom is 0.326 e. The molecule has 0 atom stereocenters. The summed E-state index contributed by atoms with van der Waals surface area (Å²) >= 11 is 0. The van der Waals surface area contributed by atoms with Crippen molar-refractivity contribution in [3.8, 4) is 17.2 Å². The average molecular weight is 436 g/mol. The highest BCUT2D eigenvalue weighted by molar-refractivity contribution is 6.08. The maximum atomic E-state index is 13.3. The highest BCUT2D eigenvalue weighted by atomic mass is 16.7. The van der Waals surface area contributed by atoms with Gasteiger partial charge in [0.1, 0.15) is 5.75 Å². The van der Waals surface area contributed by atoms with Crippen molar-refractivity contribution in [2.45, 2.75) is 19.8 Å². The Labute approximate surface area is 185 Å². The molecule has 166 valence electrons. The Balaban J connectivity index is 1.61. The van der Waals surface area contributed by atoms with Crippen LogP contribution in [0.2, 0.25) is 0 Å². The standard InChI is InChI=1S/C24H24N2O6/c1-2-30-23(28)11-6-12-26(19-10-5-8-16-7-3-4-9-17(16)19)24(29)25-18-13-21-22(14-20(18)27)32-15-31-21/h3-5,7-10,13-14,27H,2,6,11-12,15H2,1H3,(H,25,29). The second kappa shape index (κ2) is 9.47. The molecule has 4 rings (SSSR count). The molecule has 0 saturated heterocycles. The summed E-state index contributed by atoms with van der Waals surface area (Å²) in [6, 6.07) is 15.9. The molecular weight excluding hydrogens is 412 g/mol. The van der Waals surface area contributed by atoms with E-state index in [2.05, 4.69) is 5.32 Å². The van der Waals surface area contributed by atoms with E-state index in [4.69, 9.17) is 14.2 Å². The zero-order valence-electron chi connectivity index (χ0n) is 17.7. The number of hydrogen-bond acceptors (Lipinski definition) is 6. The van der Waals surface area contributed by atoms with E-state index >= 15 is 0 Å². The zero-order valence-corrected chi connectivity index (χ0v) is 17.7. The molecule has 8 heteroatoms. The minimum Gasteiger partial charge on any atom is -0.506 e. The van der Waals surface area contributed by atoms with Gasteiger partial charge in [0.05, 0.1) is 18.0 Å². The van der Waals surface area contributed by atoms with Crippen LogP contribution in [-0.4, -0.2) is 37.1 Å². The van der Waals surface area contributed by atoms with Crippen LogP contribution in [0.1, 0.15) is 19.8 Å². The summed E-state index contributed by atoms with van der Waals surface area (Å²) in [4.78, 5) is 26.7. The largest absolute Gasteiger partial charge is 0.506 e. The Morgan fingerprint density at radius 1 is 1.09 bits per heavy atom. The van der Waals surface area contributed by atoms with Crippen molar-refractivity contribution in [2.24, 2.45) is 0 Å². The van der Waals surface area contributed by atoms with E-state index in [-0.39, 0.29) is 37.2 Å². The van der Waals surface area contributed by atoms with Crippen LogP contribution in [-0.2, 0) is 9.53 Å². The summed E-state index contributed by atoms with van der Waals surface area (Å²) in [6.07, 6.45) is 0.611. The van der Waals surface area contributed by atoms with Gasteiger partial charge in [-0.3, -0.25) is 9.69 Å². The lowest BCUT2D eigenvalue weighted by atomic mass is 10.1. The Morgan fingerprint density at radius 3 is 2.66 bits per heavy atom. The van der Waals surface area contributed by atoms with Crippen molar-refractivity contribution in [1.29, 1.82) is 0 Å². The van der Waals surface area contributed by atoms with Gasteiger partial charge < -0.3 is 24.6 Å². The minimum absolute atomic E-state index is 0.0577. The normalized spacial score (nSPS) is 11.9. The van der Waals surface area contributed by atoms with Gasteiger partial charge in [0, 0.05) is 30.5 Å². The summed E-state index contributed by atoms with van der Waals surface area (Å²) in [5, 5.41) is 15.0. The Kier molecular flexibility index (Phi) is 6.30. The number of ether oxygens (including phenoxy) is 3. The van der Waals surface area contributed by atoms with E-state index in [0.29, 0.717) is 30.2 Å². The highest BCUT2D eigenvalue weighted by Gasteiger charge is 2.22. The van der Waals surface area contributed by atoms with Crippen LogP contribution >= 0.6 is 0 Å². The van der Waals surface area contributed by atoms with Crippen molar-refractivity contribution in [1.82, 2.24) is 0 Å². The highest BCUT2D eigenvalue weighted by Crippen LogP contribution is 2.40. The number of fused-ring (bicyclic) bond motifs is 2. The first kappa shape index (κ1) is 21.3. The number of phenolic OH excluding ortho intramolecular Hbond substituents is 1. The van der Waals surface area contributed by atoms with Gasteiger partial charge in [-0.1, -0.05) is 36.4 Å². The lowest BCUT2D eigenvalue weighted by Crippen LogP contribution is -2.36. The molecule has 3 aromatic rings. The second-order valence-electron chi connectivity index (χ2n) is 7.21. The first-order valence-corrected chi connectivity index (χ1v) is 10.4. The number of aromatic hydroxyl groups is 1. The van der Waals surface area contributed by atoms with Crippen LogP contribution in [0.5, 0.6) is 17.2 Å². The van der Waals surface area contributed by atoms with Crippen molar-refractivity contribution in [2.75, 3.05) is 30.2 Å². The molecule has 0 spiro atoms. The second-order valence-corrected chi connectivity index (χ2v) is 7.21. The maximum absolute atomic E-state index is 13.3. The van der Waals surface area contributed by atoms with Crippen LogP contribution < -0.4 is 19.7 Å². The first-order chi connectivity index (χ1) is 15.6. The predicted molar refractivity (Wildman–Crippen MR) is 120 cm³/mol. The minimum atomic E-state index is -0.445. The third kappa shape index (κ3) is 4.54. The number of carbonyl (C=O) groups is 2. The number of anilines is 2.